The molecule has 3 aromatic rings. The standard InChI is InChI=1S/C24H27F3N6O/c1-2-32-9-11-33(12-10-32)18-5-3-17(4-6-18)30-23-29-15-19(24(25,26)27)22(31-23)21-13-16-14-28-8-7-20(16)34-21/h3-6,13,15,28H,2,7-12,14H2,1H3,(H,29,30,31). The van der Waals surface area contributed by atoms with Crippen molar-refractivity contribution in [2.24, 2.45) is 0 Å². The molecule has 0 spiro atoms. The zero-order valence-electron chi connectivity index (χ0n) is 19.0. The highest BCUT2D eigenvalue weighted by Gasteiger charge is 2.37. The summed E-state index contributed by atoms with van der Waals surface area (Å²) in [5.74, 6) is 0.887. The molecule has 5 rings (SSSR count). The normalized spacial score (nSPS) is 17.0. The van der Waals surface area contributed by atoms with Gasteiger partial charge in [0.15, 0.2) is 5.76 Å². The maximum Gasteiger partial charge on any atom is 0.420 e. The van der Waals surface area contributed by atoms with E-state index in [4.69, 9.17) is 4.42 Å². The summed E-state index contributed by atoms with van der Waals surface area (Å²) < 4.78 is 46.8. The third-order valence-corrected chi connectivity index (χ3v) is 6.38. The molecule has 2 aliphatic rings. The second-order valence-electron chi connectivity index (χ2n) is 8.53. The maximum atomic E-state index is 13.7. The highest BCUT2D eigenvalue weighted by molar-refractivity contribution is 5.64. The largest absolute Gasteiger partial charge is 0.459 e. The highest BCUT2D eigenvalue weighted by Crippen LogP contribution is 2.38. The molecule has 180 valence electrons. The molecule has 0 saturated carbocycles. The van der Waals surface area contributed by atoms with Gasteiger partial charge in [0.25, 0.3) is 0 Å². The van der Waals surface area contributed by atoms with Crippen LogP contribution in [-0.2, 0) is 19.1 Å². The molecule has 0 amide bonds. The molecular weight excluding hydrogens is 445 g/mol. The number of fused-ring (bicyclic) bond motifs is 1. The van der Waals surface area contributed by atoms with E-state index in [2.05, 4.69) is 37.3 Å². The average Bonchev–Trinajstić information content (AvgIpc) is 3.28. The van der Waals surface area contributed by atoms with Crippen molar-refractivity contribution < 1.29 is 17.6 Å². The number of furan rings is 1. The van der Waals surface area contributed by atoms with E-state index in [9.17, 15) is 13.2 Å². The number of rotatable bonds is 5. The molecule has 1 fully saturated rings. The van der Waals surface area contributed by atoms with E-state index >= 15 is 0 Å². The summed E-state index contributed by atoms with van der Waals surface area (Å²) in [6.45, 7) is 8.52. The summed E-state index contributed by atoms with van der Waals surface area (Å²) in [6, 6.07) is 9.42. The summed E-state index contributed by atoms with van der Waals surface area (Å²) in [4.78, 5) is 12.9. The molecule has 34 heavy (non-hydrogen) atoms. The Morgan fingerprint density at radius 3 is 2.56 bits per heavy atom. The van der Waals surface area contributed by atoms with Crippen LogP contribution in [0.1, 0.15) is 23.8 Å². The SMILES string of the molecule is CCN1CCN(c2ccc(Nc3ncc(C(F)(F)F)c(-c4cc5c(o4)CCNC5)n3)cc2)CC1. The van der Waals surface area contributed by atoms with E-state index in [0.717, 1.165) is 56.7 Å². The third kappa shape index (κ3) is 4.74. The molecule has 0 radical (unpaired) electrons. The van der Waals surface area contributed by atoms with Crippen molar-refractivity contribution >= 4 is 17.3 Å². The molecule has 2 aromatic heterocycles. The van der Waals surface area contributed by atoms with Gasteiger partial charge in [-0.1, -0.05) is 6.92 Å². The lowest BCUT2D eigenvalue weighted by Gasteiger charge is -2.35. The Hall–Kier alpha value is -3.11. The Morgan fingerprint density at radius 1 is 1.12 bits per heavy atom. The lowest BCUT2D eigenvalue weighted by atomic mass is 10.1. The van der Waals surface area contributed by atoms with Gasteiger partial charge in [0.1, 0.15) is 17.0 Å². The van der Waals surface area contributed by atoms with Crippen molar-refractivity contribution in [3.05, 3.63) is 53.4 Å². The van der Waals surface area contributed by atoms with Crippen LogP contribution < -0.4 is 15.5 Å². The number of nitrogens with one attached hydrogen (secondary N) is 2. The first-order valence-electron chi connectivity index (χ1n) is 11.5. The molecule has 0 aliphatic carbocycles. The Kier molecular flexibility index (Phi) is 6.18. The van der Waals surface area contributed by atoms with Gasteiger partial charge in [-0.3, -0.25) is 0 Å². The zero-order chi connectivity index (χ0) is 23.7. The number of alkyl halides is 3. The Morgan fingerprint density at radius 2 is 1.88 bits per heavy atom. The van der Waals surface area contributed by atoms with E-state index in [-0.39, 0.29) is 17.4 Å². The van der Waals surface area contributed by atoms with Crippen molar-refractivity contribution in [3.8, 4) is 11.5 Å². The first-order valence-corrected chi connectivity index (χ1v) is 11.5. The fourth-order valence-electron chi connectivity index (χ4n) is 4.41. The van der Waals surface area contributed by atoms with Crippen LogP contribution in [0.15, 0.2) is 40.9 Å². The number of likely N-dealkylation sites (N-methyl/N-ethyl adjacent to an activating group) is 1. The third-order valence-electron chi connectivity index (χ3n) is 6.38. The summed E-state index contributed by atoms with van der Waals surface area (Å²) in [6.07, 6.45) is -3.15. The molecule has 0 atom stereocenters. The Balaban J connectivity index is 1.37. The topological polar surface area (TPSA) is 69.5 Å². The quantitative estimate of drug-likeness (QED) is 0.574. The van der Waals surface area contributed by atoms with Gasteiger partial charge in [-0.25, -0.2) is 9.97 Å². The Bertz CT molecular complexity index is 1110. The van der Waals surface area contributed by atoms with Crippen molar-refractivity contribution in [1.82, 2.24) is 20.2 Å². The van der Waals surface area contributed by atoms with Gasteiger partial charge in [0.05, 0.1) is 0 Å². The minimum absolute atomic E-state index is 0.0832. The van der Waals surface area contributed by atoms with Crippen LogP contribution in [0.4, 0.5) is 30.5 Å². The summed E-state index contributed by atoms with van der Waals surface area (Å²) in [5, 5.41) is 6.23. The van der Waals surface area contributed by atoms with Crippen LogP contribution in [0, 0.1) is 0 Å². The molecule has 7 nitrogen and oxygen atoms in total. The van der Waals surface area contributed by atoms with Gasteiger partial charge in [-0.15, -0.1) is 0 Å². The molecule has 4 heterocycles. The first-order chi connectivity index (χ1) is 16.4. The minimum Gasteiger partial charge on any atom is -0.459 e. The molecule has 10 heteroatoms. The number of hydrogen-bond acceptors (Lipinski definition) is 7. The second-order valence-corrected chi connectivity index (χ2v) is 8.53. The zero-order valence-corrected chi connectivity index (χ0v) is 19.0. The predicted molar refractivity (Wildman–Crippen MR) is 124 cm³/mol. The molecule has 1 aromatic carbocycles. The molecule has 0 bridgehead atoms. The number of benzene rings is 1. The molecule has 1 saturated heterocycles. The van der Waals surface area contributed by atoms with Crippen molar-refractivity contribution in [2.75, 3.05) is 49.5 Å². The van der Waals surface area contributed by atoms with Crippen LogP contribution in [0.5, 0.6) is 0 Å². The van der Waals surface area contributed by atoms with Crippen molar-refractivity contribution in [3.63, 3.8) is 0 Å². The van der Waals surface area contributed by atoms with Gasteiger partial charge >= 0.3 is 6.18 Å². The van der Waals surface area contributed by atoms with E-state index in [1.807, 2.05) is 24.3 Å². The second kappa shape index (κ2) is 9.27. The van der Waals surface area contributed by atoms with Gasteiger partial charge in [0.2, 0.25) is 5.95 Å². The van der Waals surface area contributed by atoms with Gasteiger partial charge in [-0.2, -0.15) is 13.2 Å². The first kappa shape index (κ1) is 22.7. The average molecular weight is 473 g/mol. The van der Waals surface area contributed by atoms with Gasteiger partial charge < -0.3 is 24.9 Å². The van der Waals surface area contributed by atoms with E-state index in [0.29, 0.717) is 24.4 Å². The number of anilines is 3. The summed E-state index contributed by atoms with van der Waals surface area (Å²) in [5.41, 5.74) is 1.50. The van der Waals surface area contributed by atoms with Gasteiger partial charge in [-0.05, 0) is 36.9 Å². The monoisotopic (exact) mass is 472 g/mol. The predicted octanol–water partition coefficient (Wildman–Crippen LogP) is 4.29. The van der Waals surface area contributed by atoms with Crippen LogP contribution in [0.3, 0.4) is 0 Å². The van der Waals surface area contributed by atoms with Crippen molar-refractivity contribution in [1.29, 1.82) is 0 Å². The number of hydrogen-bond donors (Lipinski definition) is 2. The number of nitrogens with zero attached hydrogens (tertiary/aromatic N) is 4. The number of aromatic nitrogens is 2. The smallest absolute Gasteiger partial charge is 0.420 e. The fraction of sp³-hybridized carbons (Fsp3) is 0.417. The number of piperazine rings is 1. The van der Waals surface area contributed by atoms with Crippen molar-refractivity contribution in [2.45, 2.75) is 26.1 Å². The van der Waals surface area contributed by atoms with E-state index in [1.54, 1.807) is 6.07 Å². The molecule has 2 N–H and O–H groups in total. The van der Waals surface area contributed by atoms with Crippen LogP contribution >= 0.6 is 0 Å². The highest BCUT2D eigenvalue weighted by atomic mass is 19.4. The lowest BCUT2D eigenvalue weighted by molar-refractivity contribution is -0.137. The number of halogens is 3. The van der Waals surface area contributed by atoms with E-state index < -0.39 is 11.7 Å². The lowest BCUT2D eigenvalue weighted by Crippen LogP contribution is -2.46. The maximum absolute atomic E-state index is 13.7. The fourth-order valence-corrected chi connectivity index (χ4v) is 4.41. The van der Waals surface area contributed by atoms with Crippen LogP contribution in [0.2, 0.25) is 0 Å². The molecule has 2 aliphatic heterocycles. The Labute approximate surface area is 196 Å². The summed E-state index contributed by atoms with van der Waals surface area (Å²) in [7, 11) is 0. The molecule has 0 unspecified atom stereocenters. The molecular formula is C24H27F3N6O. The summed E-state index contributed by atoms with van der Waals surface area (Å²) >= 11 is 0. The van der Waals surface area contributed by atoms with Crippen LogP contribution in [0.25, 0.3) is 11.5 Å². The minimum atomic E-state index is -4.59. The van der Waals surface area contributed by atoms with E-state index in [1.165, 1.54) is 0 Å². The van der Waals surface area contributed by atoms with Crippen LogP contribution in [-0.4, -0.2) is 54.1 Å². The van der Waals surface area contributed by atoms with Gasteiger partial charge in [0, 0.05) is 68.8 Å².